The van der Waals surface area contributed by atoms with Crippen LogP contribution in [-0.2, 0) is 32.5 Å². The summed E-state index contributed by atoms with van der Waals surface area (Å²) >= 11 is 0. The van der Waals surface area contributed by atoms with Gasteiger partial charge < -0.3 is 10.2 Å². The largest absolute Gasteiger partial charge is 0.354 e. The van der Waals surface area contributed by atoms with Gasteiger partial charge in [0.05, 0.1) is 4.90 Å². The van der Waals surface area contributed by atoms with Gasteiger partial charge >= 0.3 is 0 Å². The number of sulfonamides is 1. The summed E-state index contributed by atoms with van der Waals surface area (Å²) in [5.74, 6) is 0.186. The fourth-order valence-electron chi connectivity index (χ4n) is 4.43. The van der Waals surface area contributed by atoms with E-state index in [0.29, 0.717) is 44.1 Å². The van der Waals surface area contributed by atoms with E-state index in [4.69, 9.17) is 0 Å². The van der Waals surface area contributed by atoms with Crippen molar-refractivity contribution in [1.82, 2.24) is 9.62 Å². The minimum absolute atomic E-state index is 0.0727. The lowest BCUT2D eigenvalue weighted by atomic mass is 10.0. The second-order valence-corrected chi connectivity index (χ2v) is 10.9. The maximum atomic E-state index is 13.1. The van der Waals surface area contributed by atoms with Crippen molar-refractivity contribution in [3.05, 3.63) is 59.7 Å². The van der Waals surface area contributed by atoms with Crippen LogP contribution in [0.5, 0.6) is 0 Å². The summed E-state index contributed by atoms with van der Waals surface area (Å²) in [4.78, 5) is 26.8. The third-order valence-corrected chi connectivity index (χ3v) is 8.41. The Balaban J connectivity index is 1.43. The molecule has 33 heavy (non-hydrogen) atoms. The van der Waals surface area contributed by atoms with Crippen molar-refractivity contribution in [2.45, 2.75) is 43.9 Å². The van der Waals surface area contributed by atoms with Crippen LogP contribution in [0.3, 0.4) is 0 Å². The lowest BCUT2D eigenvalue weighted by Crippen LogP contribution is -2.43. The summed E-state index contributed by atoms with van der Waals surface area (Å²) in [7, 11) is -3.56. The molecule has 2 aromatic carbocycles. The molecule has 1 saturated heterocycles. The summed E-state index contributed by atoms with van der Waals surface area (Å²) < 4.78 is 27.8. The molecule has 0 bridgehead atoms. The molecule has 2 aromatic rings. The molecule has 1 fully saturated rings. The first kappa shape index (κ1) is 23.4. The normalized spacial score (nSPS) is 17.6. The fraction of sp³-hybridized carbons (Fsp3) is 0.440. The van der Waals surface area contributed by atoms with E-state index in [1.54, 1.807) is 22.5 Å². The minimum Gasteiger partial charge on any atom is -0.354 e. The molecular formula is C25H31N3O4S. The molecule has 2 amide bonds. The van der Waals surface area contributed by atoms with Crippen LogP contribution in [0, 0.1) is 5.92 Å². The van der Waals surface area contributed by atoms with Gasteiger partial charge in [-0.3, -0.25) is 9.59 Å². The number of hydrogen-bond donors (Lipinski definition) is 1. The van der Waals surface area contributed by atoms with Gasteiger partial charge in [0, 0.05) is 31.7 Å². The van der Waals surface area contributed by atoms with E-state index in [9.17, 15) is 18.0 Å². The van der Waals surface area contributed by atoms with Crippen molar-refractivity contribution in [1.29, 1.82) is 0 Å². The number of aryl methyl sites for hydroxylation is 1. The molecule has 8 heteroatoms. The number of nitrogens with one attached hydrogen (secondary N) is 1. The lowest BCUT2D eigenvalue weighted by molar-refractivity contribution is -0.124. The van der Waals surface area contributed by atoms with Gasteiger partial charge in [-0.05, 0) is 60.9 Å². The third-order valence-electron chi connectivity index (χ3n) is 6.51. The zero-order valence-electron chi connectivity index (χ0n) is 19.0. The van der Waals surface area contributed by atoms with Crippen molar-refractivity contribution in [2.24, 2.45) is 5.92 Å². The summed E-state index contributed by atoms with van der Waals surface area (Å²) in [6.07, 6.45) is 3.18. The smallest absolute Gasteiger partial charge is 0.243 e. The van der Waals surface area contributed by atoms with Gasteiger partial charge in [-0.1, -0.05) is 37.3 Å². The maximum Gasteiger partial charge on any atom is 0.243 e. The predicted molar refractivity (Wildman–Crippen MR) is 127 cm³/mol. The van der Waals surface area contributed by atoms with E-state index in [1.807, 2.05) is 30.3 Å². The summed E-state index contributed by atoms with van der Waals surface area (Å²) in [5, 5.41) is 2.88. The number of benzene rings is 2. The van der Waals surface area contributed by atoms with Crippen LogP contribution in [0.1, 0.15) is 37.3 Å². The number of rotatable bonds is 7. The maximum absolute atomic E-state index is 13.1. The minimum atomic E-state index is -3.56. The van der Waals surface area contributed by atoms with E-state index in [-0.39, 0.29) is 29.7 Å². The van der Waals surface area contributed by atoms with Crippen molar-refractivity contribution in [3.63, 3.8) is 0 Å². The topological polar surface area (TPSA) is 86.8 Å². The van der Waals surface area contributed by atoms with Crippen LogP contribution in [0.2, 0.25) is 0 Å². The lowest BCUT2D eigenvalue weighted by Gasteiger charge is -2.31. The molecule has 2 aliphatic heterocycles. The van der Waals surface area contributed by atoms with E-state index in [0.717, 1.165) is 24.0 Å². The van der Waals surface area contributed by atoms with E-state index in [2.05, 4.69) is 12.2 Å². The Morgan fingerprint density at radius 1 is 1.06 bits per heavy atom. The molecule has 0 aliphatic carbocycles. The molecule has 0 saturated carbocycles. The summed E-state index contributed by atoms with van der Waals surface area (Å²) in [6, 6.07) is 14.8. The highest BCUT2D eigenvalue weighted by atomic mass is 32.2. The monoisotopic (exact) mass is 469 g/mol. The molecule has 0 spiro atoms. The molecule has 7 nitrogen and oxygen atoms in total. The molecule has 2 aliphatic rings. The van der Waals surface area contributed by atoms with Gasteiger partial charge in [-0.15, -0.1) is 0 Å². The van der Waals surface area contributed by atoms with Gasteiger partial charge in [0.25, 0.3) is 0 Å². The Bertz CT molecular complexity index is 1110. The van der Waals surface area contributed by atoms with Gasteiger partial charge in [0.2, 0.25) is 21.8 Å². The first-order valence-corrected chi connectivity index (χ1v) is 13.0. The zero-order valence-corrected chi connectivity index (χ0v) is 19.8. The van der Waals surface area contributed by atoms with Crippen LogP contribution in [-0.4, -0.2) is 50.7 Å². The van der Waals surface area contributed by atoms with Crippen LogP contribution < -0.4 is 10.2 Å². The van der Waals surface area contributed by atoms with Crippen LogP contribution in [0.15, 0.2) is 53.4 Å². The molecular weight excluding hydrogens is 438 g/mol. The number of anilines is 1. The Labute approximate surface area is 195 Å². The Hall–Kier alpha value is -2.71. The Kier molecular flexibility index (Phi) is 7.14. The molecule has 2 heterocycles. The number of hydrogen-bond acceptors (Lipinski definition) is 4. The SMILES string of the molecule is CC1CCN(S(=O)(=O)c2ccc3c(c2)CCC(=O)N3CC(=O)NCCc2ccccc2)CC1. The first-order valence-electron chi connectivity index (χ1n) is 11.6. The Morgan fingerprint density at radius 2 is 1.79 bits per heavy atom. The van der Waals surface area contributed by atoms with E-state index < -0.39 is 10.0 Å². The molecule has 0 radical (unpaired) electrons. The number of amides is 2. The zero-order chi connectivity index (χ0) is 23.4. The number of nitrogens with zero attached hydrogens (tertiary/aromatic N) is 2. The molecule has 176 valence electrons. The van der Waals surface area contributed by atoms with Crippen molar-refractivity contribution in [2.75, 3.05) is 31.1 Å². The summed E-state index contributed by atoms with van der Waals surface area (Å²) in [6.45, 7) is 3.63. The van der Waals surface area contributed by atoms with E-state index in [1.165, 1.54) is 4.90 Å². The quantitative estimate of drug-likeness (QED) is 0.676. The highest BCUT2D eigenvalue weighted by molar-refractivity contribution is 7.89. The second kappa shape index (κ2) is 10.1. The number of fused-ring (bicyclic) bond motifs is 1. The number of carbonyl (C=O) groups excluding carboxylic acids is 2. The standard InChI is InChI=1S/C25H31N3O4S/c1-19-12-15-27(16-13-19)33(31,32)22-8-9-23-21(17-22)7-10-25(30)28(23)18-24(29)26-14-11-20-5-3-2-4-6-20/h2-6,8-9,17,19H,7,10-16,18H2,1H3,(H,26,29). The highest BCUT2D eigenvalue weighted by Crippen LogP contribution is 2.32. The van der Waals surface area contributed by atoms with Gasteiger partial charge in [0.15, 0.2) is 0 Å². The average molecular weight is 470 g/mol. The van der Waals surface area contributed by atoms with Crippen molar-refractivity contribution >= 4 is 27.5 Å². The summed E-state index contributed by atoms with van der Waals surface area (Å²) in [5.41, 5.74) is 2.54. The highest BCUT2D eigenvalue weighted by Gasteiger charge is 2.31. The van der Waals surface area contributed by atoms with Crippen molar-refractivity contribution in [3.8, 4) is 0 Å². The van der Waals surface area contributed by atoms with Crippen LogP contribution in [0.4, 0.5) is 5.69 Å². The fourth-order valence-corrected chi connectivity index (χ4v) is 5.96. The number of carbonyl (C=O) groups is 2. The second-order valence-electron chi connectivity index (χ2n) is 8.94. The molecule has 0 atom stereocenters. The predicted octanol–water partition coefficient (Wildman–Crippen LogP) is 2.75. The first-order chi connectivity index (χ1) is 15.8. The molecule has 0 aromatic heterocycles. The van der Waals surface area contributed by atoms with Gasteiger partial charge in [-0.25, -0.2) is 8.42 Å². The third kappa shape index (κ3) is 5.45. The van der Waals surface area contributed by atoms with Gasteiger partial charge in [-0.2, -0.15) is 4.31 Å². The number of piperidine rings is 1. The molecule has 0 unspecified atom stereocenters. The van der Waals surface area contributed by atoms with Crippen molar-refractivity contribution < 1.29 is 18.0 Å². The van der Waals surface area contributed by atoms with Crippen LogP contribution >= 0.6 is 0 Å². The average Bonchev–Trinajstić information content (AvgIpc) is 2.81. The Morgan fingerprint density at radius 3 is 2.52 bits per heavy atom. The van der Waals surface area contributed by atoms with E-state index >= 15 is 0 Å². The van der Waals surface area contributed by atoms with Crippen LogP contribution in [0.25, 0.3) is 0 Å². The molecule has 1 N–H and O–H groups in total. The van der Waals surface area contributed by atoms with Gasteiger partial charge in [0.1, 0.15) is 6.54 Å². The molecule has 4 rings (SSSR count).